The zero-order chi connectivity index (χ0) is 36.0. The lowest BCUT2D eigenvalue weighted by atomic mass is 9.68. The first-order valence-electron chi connectivity index (χ1n) is 17.1. The van der Waals surface area contributed by atoms with E-state index < -0.39 is 5.41 Å². The van der Waals surface area contributed by atoms with Crippen molar-refractivity contribution >= 4 is 5.57 Å². The van der Waals surface area contributed by atoms with Gasteiger partial charge in [-0.1, -0.05) is 92.1 Å². The first-order chi connectivity index (χ1) is 24.9. The van der Waals surface area contributed by atoms with Gasteiger partial charge in [-0.3, -0.25) is 4.98 Å². The minimum absolute atomic E-state index is 0.619. The topological polar surface area (TPSA) is 60.5 Å². The van der Waals surface area contributed by atoms with Crippen LogP contribution in [-0.2, 0) is 5.41 Å². The molecule has 5 aromatic rings. The van der Waals surface area contributed by atoms with Crippen molar-refractivity contribution in [2.45, 2.75) is 32.6 Å². The zero-order valence-corrected chi connectivity index (χ0v) is 29.3. The summed E-state index contributed by atoms with van der Waals surface area (Å²) in [6.07, 6.45) is 17.3. The molecule has 0 bridgehead atoms. The van der Waals surface area contributed by atoms with E-state index in [4.69, 9.17) is 4.98 Å². The summed E-state index contributed by atoms with van der Waals surface area (Å²) >= 11 is 0. The van der Waals surface area contributed by atoms with Gasteiger partial charge in [0.15, 0.2) is 0 Å². The molecule has 0 saturated carbocycles. The van der Waals surface area contributed by atoms with Crippen LogP contribution in [-0.4, -0.2) is 4.98 Å². The van der Waals surface area contributed by atoms with Gasteiger partial charge < -0.3 is 0 Å². The molecule has 1 aliphatic carbocycles. The molecule has 246 valence electrons. The highest BCUT2D eigenvalue weighted by Crippen LogP contribution is 2.56. The molecule has 1 heterocycles. The average Bonchev–Trinajstić information content (AvgIpc) is 3.45. The third-order valence-electron chi connectivity index (χ3n) is 9.64. The Bertz CT molecular complexity index is 2350. The Morgan fingerprint density at radius 2 is 1.45 bits per heavy atom. The van der Waals surface area contributed by atoms with Gasteiger partial charge in [0.2, 0.25) is 0 Å². The molecule has 6 rings (SSSR count). The van der Waals surface area contributed by atoms with Crippen LogP contribution in [0.4, 0.5) is 0 Å². The maximum atomic E-state index is 9.53. The van der Waals surface area contributed by atoms with E-state index in [1.807, 2.05) is 93.7 Å². The van der Waals surface area contributed by atoms with Crippen LogP contribution in [0.25, 0.3) is 39.0 Å². The Balaban J connectivity index is 1.63. The first kappa shape index (κ1) is 34.3. The molecule has 3 nitrogen and oxygen atoms in total. The van der Waals surface area contributed by atoms with Gasteiger partial charge in [-0.25, -0.2) is 0 Å². The summed E-state index contributed by atoms with van der Waals surface area (Å²) in [5, 5.41) is 19.0. The molecule has 1 unspecified atom stereocenters. The Morgan fingerprint density at radius 3 is 2.08 bits per heavy atom. The Kier molecular flexibility index (Phi) is 10.0. The van der Waals surface area contributed by atoms with Gasteiger partial charge in [0.05, 0.1) is 34.4 Å². The van der Waals surface area contributed by atoms with Crippen molar-refractivity contribution < 1.29 is 0 Å². The lowest BCUT2D eigenvalue weighted by molar-refractivity contribution is 0.725. The SMILES string of the molecule is C=CC1=C(/C=C\C)c2cc(-c3cc(-c4ccc(C#N)cc4)cc(-c4ccc(C#N)cc4C)c3)ccc2C1(/C(C=C)=C/C/C=C\C)c1ccccn1. The lowest BCUT2D eigenvalue weighted by Crippen LogP contribution is -2.31. The second-order valence-corrected chi connectivity index (χ2v) is 12.6. The molecule has 1 atom stereocenters. The normalized spacial score (nSPS) is 15.5. The number of hydrogen-bond acceptors (Lipinski definition) is 3. The van der Waals surface area contributed by atoms with E-state index in [0.717, 1.165) is 78.9 Å². The van der Waals surface area contributed by atoms with E-state index in [0.29, 0.717) is 11.1 Å². The van der Waals surface area contributed by atoms with E-state index in [9.17, 15) is 10.5 Å². The number of aromatic nitrogens is 1. The van der Waals surface area contributed by atoms with Crippen molar-refractivity contribution in [2.75, 3.05) is 0 Å². The number of nitrogens with zero attached hydrogens (tertiary/aromatic N) is 3. The molecule has 51 heavy (non-hydrogen) atoms. The second-order valence-electron chi connectivity index (χ2n) is 12.6. The summed E-state index contributed by atoms with van der Waals surface area (Å²) in [5.74, 6) is 0. The fourth-order valence-electron chi connectivity index (χ4n) is 7.33. The Labute approximate surface area is 301 Å². The second kappa shape index (κ2) is 14.9. The Hall–Kier alpha value is -6.55. The van der Waals surface area contributed by atoms with Gasteiger partial charge in [-0.05, 0) is 155 Å². The summed E-state index contributed by atoms with van der Waals surface area (Å²) in [6.45, 7) is 14.8. The van der Waals surface area contributed by atoms with Crippen molar-refractivity contribution in [3.8, 4) is 45.5 Å². The van der Waals surface area contributed by atoms with E-state index in [1.165, 1.54) is 0 Å². The van der Waals surface area contributed by atoms with Crippen LogP contribution < -0.4 is 0 Å². The van der Waals surface area contributed by atoms with Crippen LogP contribution in [0, 0.1) is 29.6 Å². The molecule has 0 saturated heterocycles. The smallest absolute Gasteiger partial charge is 0.0991 e. The molecule has 3 heteroatoms. The van der Waals surface area contributed by atoms with Gasteiger partial charge in [0.25, 0.3) is 0 Å². The summed E-state index contributed by atoms with van der Waals surface area (Å²) in [7, 11) is 0. The number of nitriles is 2. The maximum Gasteiger partial charge on any atom is 0.0991 e. The highest BCUT2D eigenvalue weighted by molar-refractivity contribution is 5.94. The number of pyridine rings is 1. The van der Waals surface area contributed by atoms with E-state index in [2.05, 4.69) is 98.1 Å². The molecule has 0 amide bonds. The fourth-order valence-corrected chi connectivity index (χ4v) is 7.33. The summed E-state index contributed by atoms with van der Waals surface area (Å²) in [5.41, 5.74) is 14.3. The minimum Gasteiger partial charge on any atom is -0.260 e. The molecule has 0 aliphatic heterocycles. The standard InChI is InChI=1S/C48H39N3/c1-6-10-11-15-41(8-3)48(47-16-12-13-25-51-47)45(9-4)43(14-7-2)44-30-37(22-24-46(44)48)39-27-38(36-20-17-34(31-49)18-21-36)28-40(29-39)42-23-19-35(32-50)26-33(42)5/h6-10,12-30H,3-4,11H2,1-2,5H3/b10-6-,14-7-,41-15+. The maximum absolute atomic E-state index is 9.53. The van der Waals surface area contributed by atoms with E-state index >= 15 is 0 Å². The van der Waals surface area contributed by atoms with Crippen molar-refractivity contribution in [2.24, 2.45) is 0 Å². The monoisotopic (exact) mass is 657 g/mol. The van der Waals surface area contributed by atoms with Crippen LogP contribution >= 0.6 is 0 Å². The summed E-state index contributed by atoms with van der Waals surface area (Å²) < 4.78 is 0. The third kappa shape index (κ3) is 6.23. The van der Waals surface area contributed by atoms with E-state index in [1.54, 1.807) is 0 Å². The predicted octanol–water partition coefficient (Wildman–Crippen LogP) is 12.0. The van der Waals surface area contributed by atoms with Gasteiger partial charge in [-0.15, -0.1) is 0 Å². The quantitative estimate of drug-likeness (QED) is 0.111. The largest absolute Gasteiger partial charge is 0.260 e. The van der Waals surface area contributed by atoms with Gasteiger partial charge in [0.1, 0.15) is 0 Å². The molecule has 4 aromatic carbocycles. The van der Waals surface area contributed by atoms with Gasteiger partial charge >= 0.3 is 0 Å². The van der Waals surface area contributed by atoms with Crippen molar-refractivity contribution in [3.05, 3.63) is 204 Å². The number of allylic oxidation sites excluding steroid dienone is 10. The zero-order valence-electron chi connectivity index (χ0n) is 29.3. The number of rotatable bonds is 10. The van der Waals surface area contributed by atoms with Crippen molar-refractivity contribution in [1.82, 2.24) is 4.98 Å². The highest BCUT2D eigenvalue weighted by atomic mass is 14.7. The number of fused-ring (bicyclic) bond motifs is 1. The van der Waals surface area contributed by atoms with Crippen LogP contribution in [0.3, 0.4) is 0 Å². The number of hydrogen-bond donors (Lipinski definition) is 0. The van der Waals surface area contributed by atoms with E-state index in [-0.39, 0.29) is 0 Å². The molecule has 0 radical (unpaired) electrons. The highest BCUT2D eigenvalue weighted by Gasteiger charge is 2.47. The minimum atomic E-state index is -0.704. The molecular weight excluding hydrogens is 619 g/mol. The van der Waals surface area contributed by atoms with Crippen LogP contribution in [0.5, 0.6) is 0 Å². The molecule has 1 aliphatic rings. The molecule has 0 fully saturated rings. The molecule has 1 aromatic heterocycles. The number of benzene rings is 4. The van der Waals surface area contributed by atoms with Gasteiger partial charge in [0, 0.05) is 6.20 Å². The fraction of sp³-hybridized carbons (Fsp3) is 0.104. The van der Waals surface area contributed by atoms with Crippen molar-refractivity contribution in [1.29, 1.82) is 10.5 Å². The van der Waals surface area contributed by atoms with Crippen LogP contribution in [0.2, 0.25) is 0 Å². The lowest BCUT2D eigenvalue weighted by Gasteiger charge is -2.34. The van der Waals surface area contributed by atoms with Crippen LogP contribution in [0.15, 0.2) is 170 Å². The molecule has 0 spiro atoms. The van der Waals surface area contributed by atoms with Crippen molar-refractivity contribution in [3.63, 3.8) is 0 Å². The summed E-state index contributed by atoms with van der Waals surface area (Å²) in [6, 6.07) is 37.5. The van der Waals surface area contributed by atoms with Gasteiger partial charge in [-0.2, -0.15) is 10.5 Å². The third-order valence-corrected chi connectivity index (χ3v) is 9.64. The first-order valence-corrected chi connectivity index (χ1v) is 17.1. The van der Waals surface area contributed by atoms with Crippen LogP contribution in [0.1, 0.15) is 53.8 Å². The molecular formula is C48H39N3. The average molecular weight is 658 g/mol. The predicted molar refractivity (Wildman–Crippen MR) is 212 cm³/mol. The summed E-state index contributed by atoms with van der Waals surface area (Å²) in [4.78, 5) is 4.97. The Morgan fingerprint density at radius 1 is 0.745 bits per heavy atom. The molecule has 0 N–H and O–H groups in total. The number of aryl methyl sites for hydroxylation is 1.